The molecule has 1 aliphatic heterocycles. The van der Waals surface area contributed by atoms with E-state index < -0.39 is 29.7 Å². The molecule has 1 aliphatic rings. The molecule has 5 nitrogen and oxygen atoms in total. The number of β-amino-alcohol motifs (C(OH)–C–C–N with tert-alkyl or cyclic N) is 1. The number of benzene rings is 1. The maximum Gasteiger partial charge on any atom is 0.254 e. The second-order valence-electron chi connectivity index (χ2n) is 6.12. The van der Waals surface area contributed by atoms with Crippen molar-refractivity contribution in [2.45, 2.75) is 25.1 Å². The van der Waals surface area contributed by atoms with E-state index in [0.717, 1.165) is 23.9 Å². The SMILES string of the molecule is O=C(N[C@@H]1CCN(Cc2ccccn2)C[C@H]1O)c1cc(F)ccc1F. The summed E-state index contributed by atoms with van der Waals surface area (Å²) in [4.78, 5) is 18.4. The van der Waals surface area contributed by atoms with E-state index in [1.807, 2.05) is 23.1 Å². The molecule has 7 heteroatoms. The lowest BCUT2D eigenvalue weighted by molar-refractivity contribution is 0.0344. The largest absolute Gasteiger partial charge is 0.390 e. The van der Waals surface area contributed by atoms with Gasteiger partial charge in [0.15, 0.2) is 0 Å². The van der Waals surface area contributed by atoms with Gasteiger partial charge in [-0.05, 0) is 36.8 Å². The van der Waals surface area contributed by atoms with Crippen molar-refractivity contribution in [3.8, 4) is 0 Å². The van der Waals surface area contributed by atoms with Crippen molar-refractivity contribution >= 4 is 5.91 Å². The number of carbonyl (C=O) groups excluding carboxylic acids is 1. The molecule has 1 amide bonds. The maximum absolute atomic E-state index is 13.7. The smallest absolute Gasteiger partial charge is 0.254 e. The van der Waals surface area contributed by atoms with Gasteiger partial charge in [0.1, 0.15) is 11.6 Å². The van der Waals surface area contributed by atoms with Crippen molar-refractivity contribution in [3.05, 3.63) is 65.5 Å². The van der Waals surface area contributed by atoms with Crippen LogP contribution in [0.5, 0.6) is 0 Å². The number of aliphatic hydroxyl groups is 1. The number of aromatic nitrogens is 1. The van der Waals surface area contributed by atoms with Gasteiger partial charge in [-0.15, -0.1) is 0 Å². The minimum atomic E-state index is -0.793. The minimum Gasteiger partial charge on any atom is -0.390 e. The summed E-state index contributed by atoms with van der Waals surface area (Å²) < 4.78 is 26.9. The van der Waals surface area contributed by atoms with Gasteiger partial charge < -0.3 is 10.4 Å². The molecule has 0 aliphatic carbocycles. The molecular weight excluding hydrogens is 328 g/mol. The molecule has 1 aromatic heterocycles. The van der Waals surface area contributed by atoms with Crippen molar-refractivity contribution in [1.82, 2.24) is 15.2 Å². The van der Waals surface area contributed by atoms with Gasteiger partial charge in [0.2, 0.25) is 0 Å². The number of rotatable bonds is 4. The van der Waals surface area contributed by atoms with Crippen LogP contribution in [0.25, 0.3) is 0 Å². The molecule has 0 unspecified atom stereocenters. The zero-order valence-electron chi connectivity index (χ0n) is 13.5. The third-order valence-corrected chi connectivity index (χ3v) is 4.27. The van der Waals surface area contributed by atoms with E-state index in [9.17, 15) is 18.7 Å². The highest BCUT2D eigenvalue weighted by atomic mass is 19.1. The molecule has 0 saturated carbocycles. The Labute approximate surface area is 144 Å². The summed E-state index contributed by atoms with van der Waals surface area (Å²) in [6.07, 6.45) is 1.43. The third kappa shape index (κ3) is 4.37. The zero-order chi connectivity index (χ0) is 17.8. The number of nitrogens with one attached hydrogen (secondary N) is 1. The average Bonchev–Trinajstić information content (AvgIpc) is 2.60. The second kappa shape index (κ2) is 7.67. The van der Waals surface area contributed by atoms with Gasteiger partial charge in [-0.1, -0.05) is 6.07 Å². The number of hydrogen-bond acceptors (Lipinski definition) is 4. The Morgan fingerprint density at radius 2 is 2.16 bits per heavy atom. The van der Waals surface area contributed by atoms with Crippen LogP contribution in [-0.2, 0) is 6.54 Å². The Bertz CT molecular complexity index is 742. The van der Waals surface area contributed by atoms with Crippen LogP contribution in [0.4, 0.5) is 8.78 Å². The molecule has 25 heavy (non-hydrogen) atoms. The highest BCUT2D eigenvalue weighted by Crippen LogP contribution is 2.16. The third-order valence-electron chi connectivity index (χ3n) is 4.27. The van der Waals surface area contributed by atoms with Crippen molar-refractivity contribution in [2.24, 2.45) is 0 Å². The van der Waals surface area contributed by atoms with Gasteiger partial charge in [0.25, 0.3) is 5.91 Å². The van der Waals surface area contributed by atoms with Gasteiger partial charge in [-0.25, -0.2) is 8.78 Å². The summed E-state index contributed by atoms with van der Waals surface area (Å²) in [6, 6.07) is 7.87. The van der Waals surface area contributed by atoms with Crippen LogP contribution < -0.4 is 5.32 Å². The van der Waals surface area contributed by atoms with Crippen molar-refractivity contribution < 1.29 is 18.7 Å². The lowest BCUT2D eigenvalue weighted by atomic mass is 10.0. The summed E-state index contributed by atoms with van der Waals surface area (Å²) in [5, 5.41) is 12.9. The number of carbonyl (C=O) groups is 1. The predicted octanol–water partition coefficient (Wildman–Crippen LogP) is 1.72. The normalized spacial score (nSPS) is 21.1. The fraction of sp³-hybridized carbons (Fsp3) is 0.333. The number of nitrogens with zero attached hydrogens (tertiary/aromatic N) is 2. The van der Waals surface area contributed by atoms with Crippen LogP contribution in [0, 0.1) is 11.6 Å². The van der Waals surface area contributed by atoms with Crippen LogP contribution in [0.2, 0.25) is 0 Å². The first kappa shape index (κ1) is 17.4. The Kier molecular flexibility index (Phi) is 5.35. The van der Waals surface area contributed by atoms with Gasteiger partial charge in [-0.2, -0.15) is 0 Å². The van der Waals surface area contributed by atoms with E-state index in [4.69, 9.17) is 0 Å². The summed E-state index contributed by atoms with van der Waals surface area (Å²) in [5.74, 6) is -2.20. The van der Waals surface area contributed by atoms with Crippen LogP contribution in [0.1, 0.15) is 22.5 Å². The number of pyridine rings is 1. The Balaban J connectivity index is 1.58. The molecule has 1 fully saturated rings. The molecule has 2 N–H and O–H groups in total. The quantitative estimate of drug-likeness (QED) is 0.884. The van der Waals surface area contributed by atoms with E-state index in [2.05, 4.69) is 10.3 Å². The molecule has 1 aromatic carbocycles. The van der Waals surface area contributed by atoms with E-state index in [1.54, 1.807) is 6.20 Å². The van der Waals surface area contributed by atoms with Crippen LogP contribution >= 0.6 is 0 Å². The lowest BCUT2D eigenvalue weighted by Gasteiger charge is -2.36. The fourth-order valence-electron chi connectivity index (χ4n) is 2.95. The first-order valence-corrected chi connectivity index (χ1v) is 8.09. The first-order chi connectivity index (χ1) is 12.0. The second-order valence-corrected chi connectivity index (χ2v) is 6.12. The van der Waals surface area contributed by atoms with Gasteiger partial charge in [-0.3, -0.25) is 14.7 Å². The lowest BCUT2D eigenvalue weighted by Crippen LogP contribution is -2.53. The minimum absolute atomic E-state index is 0.358. The highest BCUT2D eigenvalue weighted by Gasteiger charge is 2.29. The molecule has 132 valence electrons. The van der Waals surface area contributed by atoms with E-state index in [-0.39, 0.29) is 5.56 Å². The Morgan fingerprint density at radius 1 is 1.32 bits per heavy atom. The van der Waals surface area contributed by atoms with E-state index in [1.165, 1.54) is 0 Å². The number of halogens is 2. The van der Waals surface area contributed by atoms with Crippen LogP contribution in [-0.4, -0.2) is 46.1 Å². The van der Waals surface area contributed by atoms with E-state index >= 15 is 0 Å². The highest BCUT2D eigenvalue weighted by molar-refractivity contribution is 5.94. The first-order valence-electron chi connectivity index (χ1n) is 8.09. The standard InChI is InChI=1S/C18H19F2N3O2/c19-12-4-5-15(20)14(9-12)18(25)22-16-6-8-23(11-17(16)24)10-13-3-1-2-7-21-13/h1-5,7,9,16-17,24H,6,8,10-11H2,(H,22,25)/t16-,17-/m1/s1. The predicted molar refractivity (Wildman–Crippen MR) is 87.8 cm³/mol. The van der Waals surface area contributed by atoms with Gasteiger partial charge in [0.05, 0.1) is 23.4 Å². The Hall–Kier alpha value is -2.38. The molecule has 1 saturated heterocycles. The molecule has 2 atom stereocenters. The maximum atomic E-state index is 13.7. The summed E-state index contributed by atoms with van der Waals surface area (Å²) in [5.41, 5.74) is 0.544. The molecule has 2 aromatic rings. The topological polar surface area (TPSA) is 65.5 Å². The van der Waals surface area contributed by atoms with Crippen molar-refractivity contribution in [2.75, 3.05) is 13.1 Å². The van der Waals surface area contributed by atoms with Gasteiger partial charge in [0, 0.05) is 25.8 Å². The number of piperidine rings is 1. The summed E-state index contributed by atoms with van der Waals surface area (Å²) >= 11 is 0. The van der Waals surface area contributed by atoms with Gasteiger partial charge >= 0.3 is 0 Å². The molecule has 0 radical (unpaired) electrons. The van der Waals surface area contributed by atoms with Crippen LogP contribution in [0.3, 0.4) is 0 Å². The van der Waals surface area contributed by atoms with E-state index in [0.29, 0.717) is 26.1 Å². The molecular formula is C18H19F2N3O2. The number of likely N-dealkylation sites (tertiary alicyclic amines) is 1. The number of hydrogen-bond donors (Lipinski definition) is 2. The molecule has 0 bridgehead atoms. The fourth-order valence-corrected chi connectivity index (χ4v) is 2.95. The molecule has 3 rings (SSSR count). The molecule has 0 spiro atoms. The van der Waals surface area contributed by atoms with Crippen molar-refractivity contribution in [1.29, 1.82) is 0 Å². The zero-order valence-corrected chi connectivity index (χ0v) is 13.5. The van der Waals surface area contributed by atoms with Crippen molar-refractivity contribution in [3.63, 3.8) is 0 Å². The molecule has 2 heterocycles. The number of amides is 1. The van der Waals surface area contributed by atoms with Crippen LogP contribution in [0.15, 0.2) is 42.6 Å². The monoisotopic (exact) mass is 347 g/mol. The summed E-state index contributed by atoms with van der Waals surface area (Å²) in [7, 11) is 0. The number of aliphatic hydroxyl groups excluding tert-OH is 1. The summed E-state index contributed by atoms with van der Waals surface area (Å²) in [6.45, 7) is 1.63. The Morgan fingerprint density at radius 3 is 2.88 bits per heavy atom. The average molecular weight is 347 g/mol.